The largest absolute Gasteiger partial charge is 0.349 e. The zero-order chi connectivity index (χ0) is 19.1. The molecule has 2 aromatic rings. The topological polar surface area (TPSA) is 47.9 Å². The maximum absolute atomic E-state index is 12.4. The molecule has 6 heteroatoms. The second-order valence-corrected chi connectivity index (χ2v) is 7.61. The molecule has 142 valence electrons. The second kappa shape index (κ2) is 9.58. The molecule has 1 fully saturated rings. The molecular formula is C21H26N4OS. The van der Waals surface area contributed by atoms with Crippen molar-refractivity contribution in [2.45, 2.75) is 6.92 Å². The summed E-state index contributed by atoms with van der Waals surface area (Å²) in [5.41, 5.74) is 2.84. The minimum absolute atomic E-state index is 0.0100. The van der Waals surface area contributed by atoms with Gasteiger partial charge in [0.15, 0.2) is 5.17 Å². The van der Waals surface area contributed by atoms with Crippen LogP contribution in [0.4, 0.5) is 11.4 Å². The number of carbonyl (C=O) groups excluding carboxylic acids is 1. The Hall–Kier alpha value is -2.31. The number of amides is 1. The number of hydrogen-bond acceptors (Lipinski definition) is 4. The molecule has 1 amide bonds. The molecule has 0 atom stereocenters. The van der Waals surface area contributed by atoms with E-state index in [1.54, 1.807) is 0 Å². The molecule has 1 saturated heterocycles. The minimum atomic E-state index is -0.0100. The molecule has 1 aliphatic heterocycles. The summed E-state index contributed by atoms with van der Waals surface area (Å²) in [6, 6.07) is 17.8. The Morgan fingerprint density at radius 1 is 1.04 bits per heavy atom. The number of para-hydroxylation sites is 2. The maximum Gasteiger partial charge on any atom is 0.234 e. The van der Waals surface area contributed by atoms with Crippen LogP contribution in [0, 0.1) is 6.92 Å². The first-order chi connectivity index (χ1) is 13.1. The van der Waals surface area contributed by atoms with E-state index in [1.165, 1.54) is 11.8 Å². The number of hydrogen-bond donors (Lipinski definition) is 1. The van der Waals surface area contributed by atoms with Crippen molar-refractivity contribution < 1.29 is 4.79 Å². The van der Waals surface area contributed by atoms with Gasteiger partial charge in [-0.15, -0.1) is 0 Å². The number of rotatable bonds is 4. The molecule has 0 unspecified atom stereocenters. The van der Waals surface area contributed by atoms with Crippen molar-refractivity contribution in [1.82, 2.24) is 9.80 Å². The Morgan fingerprint density at radius 2 is 1.70 bits per heavy atom. The second-order valence-electron chi connectivity index (χ2n) is 6.67. The number of aryl methyl sites for hydroxylation is 1. The molecule has 2 aromatic carbocycles. The van der Waals surface area contributed by atoms with Crippen LogP contribution in [-0.2, 0) is 4.79 Å². The van der Waals surface area contributed by atoms with Gasteiger partial charge in [0, 0.05) is 31.9 Å². The first kappa shape index (κ1) is 19.5. The number of piperazine rings is 1. The average molecular weight is 383 g/mol. The fraction of sp³-hybridized carbons (Fsp3) is 0.333. The van der Waals surface area contributed by atoms with E-state index in [4.69, 9.17) is 4.99 Å². The third-order valence-electron chi connectivity index (χ3n) is 4.51. The van der Waals surface area contributed by atoms with E-state index in [1.807, 2.05) is 61.5 Å². The van der Waals surface area contributed by atoms with Gasteiger partial charge in [0.05, 0.1) is 11.4 Å². The van der Waals surface area contributed by atoms with Crippen LogP contribution in [0.5, 0.6) is 0 Å². The van der Waals surface area contributed by atoms with Crippen molar-refractivity contribution in [3.63, 3.8) is 0 Å². The summed E-state index contributed by atoms with van der Waals surface area (Å²) in [6.45, 7) is 5.85. The number of benzene rings is 2. The van der Waals surface area contributed by atoms with Gasteiger partial charge in [-0.25, -0.2) is 4.99 Å². The van der Waals surface area contributed by atoms with E-state index < -0.39 is 0 Å². The molecule has 27 heavy (non-hydrogen) atoms. The number of aliphatic imine (C=N–C) groups is 1. The van der Waals surface area contributed by atoms with Gasteiger partial charge in [-0.3, -0.25) is 4.79 Å². The predicted octanol–water partition coefficient (Wildman–Crippen LogP) is 3.60. The summed E-state index contributed by atoms with van der Waals surface area (Å²) in [7, 11) is 2.13. The summed E-state index contributed by atoms with van der Waals surface area (Å²) in [4.78, 5) is 21.8. The summed E-state index contributed by atoms with van der Waals surface area (Å²) >= 11 is 1.50. The van der Waals surface area contributed by atoms with Gasteiger partial charge in [0.1, 0.15) is 0 Å². The normalized spacial score (nSPS) is 15.6. The van der Waals surface area contributed by atoms with E-state index in [0.29, 0.717) is 5.75 Å². The minimum Gasteiger partial charge on any atom is -0.349 e. The van der Waals surface area contributed by atoms with Gasteiger partial charge in [-0.1, -0.05) is 48.2 Å². The predicted molar refractivity (Wildman–Crippen MR) is 115 cm³/mol. The molecule has 0 bridgehead atoms. The summed E-state index contributed by atoms with van der Waals surface area (Å²) in [5, 5.41) is 3.91. The number of nitrogens with one attached hydrogen (secondary N) is 1. The Bertz CT molecular complexity index is 786. The summed E-state index contributed by atoms with van der Waals surface area (Å²) in [6.07, 6.45) is 0. The quantitative estimate of drug-likeness (QED) is 0.648. The third kappa shape index (κ3) is 5.84. The first-order valence-corrected chi connectivity index (χ1v) is 10.2. The highest BCUT2D eigenvalue weighted by Gasteiger charge is 2.19. The highest BCUT2D eigenvalue weighted by Crippen LogP contribution is 2.20. The van der Waals surface area contributed by atoms with E-state index in [2.05, 4.69) is 22.2 Å². The Labute approximate surface area is 165 Å². The molecule has 0 saturated carbocycles. The lowest BCUT2D eigenvalue weighted by atomic mass is 10.2. The van der Waals surface area contributed by atoms with Gasteiger partial charge >= 0.3 is 0 Å². The van der Waals surface area contributed by atoms with Crippen molar-refractivity contribution in [3.8, 4) is 0 Å². The van der Waals surface area contributed by atoms with Crippen molar-refractivity contribution in [2.75, 3.05) is 44.3 Å². The zero-order valence-electron chi connectivity index (χ0n) is 15.9. The molecule has 3 rings (SSSR count). The molecule has 1 aliphatic rings. The molecule has 1 N–H and O–H groups in total. The van der Waals surface area contributed by atoms with E-state index >= 15 is 0 Å². The standard InChI is InChI=1S/C21H26N4OS/c1-17-8-6-7-11-19(17)23-20(26)16-27-21(22-18-9-4-3-5-10-18)25-14-12-24(2)13-15-25/h3-11H,12-16H2,1-2H3,(H,23,26). The molecule has 0 aromatic heterocycles. The van der Waals surface area contributed by atoms with Crippen LogP contribution >= 0.6 is 11.8 Å². The molecular weight excluding hydrogens is 356 g/mol. The van der Waals surface area contributed by atoms with Crippen molar-refractivity contribution in [1.29, 1.82) is 0 Å². The molecule has 0 radical (unpaired) electrons. The average Bonchev–Trinajstić information content (AvgIpc) is 2.68. The fourth-order valence-electron chi connectivity index (χ4n) is 2.83. The Balaban J connectivity index is 1.67. The SMILES string of the molecule is Cc1ccccc1NC(=O)CSC(=Nc1ccccc1)N1CCN(C)CC1. The number of nitrogens with zero attached hydrogens (tertiary/aromatic N) is 3. The van der Waals surface area contributed by atoms with E-state index in [0.717, 1.165) is 48.3 Å². The molecule has 0 aliphatic carbocycles. The fourth-order valence-corrected chi connectivity index (χ4v) is 3.70. The van der Waals surface area contributed by atoms with Gasteiger partial charge in [-0.2, -0.15) is 0 Å². The van der Waals surface area contributed by atoms with Crippen LogP contribution in [0.2, 0.25) is 0 Å². The summed E-state index contributed by atoms with van der Waals surface area (Å²) in [5.74, 6) is 0.330. The zero-order valence-corrected chi connectivity index (χ0v) is 16.7. The van der Waals surface area contributed by atoms with Crippen LogP contribution in [-0.4, -0.2) is 59.9 Å². The van der Waals surface area contributed by atoms with Crippen molar-refractivity contribution in [3.05, 3.63) is 60.2 Å². The first-order valence-electron chi connectivity index (χ1n) is 9.17. The van der Waals surface area contributed by atoms with Gasteiger partial charge < -0.3 is 15.1 Å². The van der Waals surface area contributed by atoms with Crippen molar-refractivity contribution >= 4 is 34.2 Å². The number of anilines is 1. The Kier molecular flexibility index (Phi) is 6.90. The number of carbonyl (C=O) groups is 1. The van der Waals surface area contributed by atoms with Crippen LogP contribution < -0.4 is 5.32 Å². The number of thioether (sulfide) groups is 1. The van der Waals surface area contributed by atoms with Crippen LogP contribution in [0.3, 0.4) is 0 Å². The van der Waals surface area contributed by atoms with Gasteiger partial charge in [-0.05, 0) is 37.7 Å². The molecule has 0 spiro atoms. The van der Waals surface area contributed by atoms with E-state index in [-0.39, 0.29) is 5.91 Å². The molecule has 1 heterocycles. The lowest BCUT2D eigenvalue weighted by Crippen LogP contribution is -2.46. The highest BCUT2D eigenvalue weighted by atomic mass is 32.2. The monoisotopic (exact) mass is 382 g/mol. The van der Waals surface area contributed by atoms with Gasteiger partial charge in [0.2, 0.25) is 5.91 Å². The summed E-state index contributed by atoms with van der Waals surface area (Å²) < 4.78 is 0. The Morgan fingerprint density at radius 3 is 2.41 bits per heavy atom. The van der Waals surface area contributed by atoms with Gasteiger partial charge in [0.25, 0.3) is 0 Å². The van der Waals surface area contributed by atoms with Crippen LogP contribution in [0.1, 0.15) is 5.56 Å². The highest BCUT2D eigenvalue weighted by molar-refractivity contribution is 8.14. The molecule has 5 nitrogen and oxygen atoms in total. The smallest absolute Gasteiger partial charge is 0.234 e. The van der Waals surface area contributed by atoms with E-state index in [9.17, 15) is 4.79 Å². The third-order valence-corrected chi connectivity index (χ3v) is 5.52. The lowest BCUT2D eigenvalue weighted by molar-refractivity contribution is -0.113. The van der Waals surface area contributed by atoms with Crippen LogP contribution in [0.25, 0.3) is 0 Å². The maximum atomic E-state index is 12.4. The number of likely N-dealkylation sites (N-methyl/N-ethyl adjacent to an activating group) is 1. The lowest BCUT2D eigenvalue weighted by Gasteiger charge is -2.34. The van der Waals surface area contributed by atoms with Crippen molar-refractivity contribution in [2.24, 2.45) is 4.99 Å². The van der Waals surface area contributed by atoms with Crippen LogP contribution in [0.15, 0.2) is 59.6 Å². The number of amidine groups is 1.